The molecular formula is C10H13N3O2S. The van der Waals surface area contributed by atoms with E-state index >= 15 is 0 Å². The van der Waals surface area contributed by atoms with E-state index < -0.39 is 4.92 Å². The van der Waals surface area contributed by atoms with E-state index in [2.05, 4.69) is 4.98 Å². The fraction of sp³-hybridized carbons (Fsp3) is 0.300. The number of nitro groups is 1. The zero-order chi connectivity index (χ0) is 12.0. The van der Waals surface area contributed by atoms with Crippen LogP contribution in [0.4, 0.5) is 0 Å². The van der Waals surface area contributed by atoms with Crippen molar-refractivity contribution in [3.63, 3.8) is 0 Å². The van der Waals surface area contributed by atoms with Crippen LogP contribution in [0.3, 0.4) is 0 Å². The maximum absolute atomic E-state index is 10.4. The van der Waals surface area contributed by atoms with E-state index in [1.165, 1.54) is 11.8 Å². The summed E-state index contributed by atoms with van der Waals surface area (Å²) in [7, 11) is 1.81. The summed E-state index contributed by atoms with van der Waals surface area (Å²) < 4.78 is 0. The first kappa shape index (κ1) is 12.5. The van der Waals surface area contributed by atoms with Gasteiger partial charge in [0.05, 0.1) is 17.2 Å². The molecule has 0 saturated carbocycles. The summed E-state index contributed by atoms with van der Waals surface area (Å²) >= 11 is 1.34. The van der Waals surface area contributed by atoms with Crippen molar-refractivity contribution in [2.75, 3.05) is 13.3 Å². The fourth-order valence-corrected chi connectivity index (χ4v) is 1.78. The summed E-state index contributed by atoms with van der Waals surface area (Å²) in [5.74, 6) is 0. The highest BCUT2D eigenvalue weighted by molar-refractivity contribution is 8.02. The van der Waals surface area contributed by atoms with E-state index in [9.17, 15) is 10.1 Å². The summed E-state index contributed by atoms with van der Waals surface area (Å²) in [6.45, 7) is 0.557. The van der Waals surface area contributed by atoms with Gasteiger partial charge in [-0.25, -0.2) is 0 Å². The van der Waals surface area contributed by atoms with Crippen molar-refractivity contribution >= 4 is 11.8 Å². The molecule has 0 spiro atoms. The average molecular weight is 239 g/mol. The maximum Gasteiger partial charge on any atom is 0.264 e. The SMILES string of the molecule is CSC(=C[N+](=O)[O-])N(C)Cc1ccccn1. The molecule has 0 unspecified atom stereocenters. The molecule has 1 aromatic heterocycles. The van der Waals surface area contributed by atoms with Crippen molar-refractivity contribution in [3.05, 3.63) is 51.4 Å². The lowest BCUT2D eigenvalue weighted by atomic mass is 10.3. The number of rotatable bonds is 5. The second kappa shape index (κ2) is 6.12. The van der Waals surface area contributed by atoms with Crippen molar-refractivity contribution in [2.45, 2.75) is 6.54 Å². The van der Waals surface area contributed by atoms with Crippen LogP contribution in [-0.4, -0.2) is 28.1 Å². The van der Waals surface area contributed by atoms with Gasteiger partial charge in [-0.15, -0.1) is 11.8 Å². The molecule has 0 radical (unpaired) electrons. The van der Waals surface area contributed by atoms with Crippen molar-refractivity contribution in [1.29, 1.82) is 0 Å². The van der Waals surface area contributed by atoms with Crippen LogP contribution in [-0.2, 0) is 6.54 Å². The largest absolute Gasteiger partial charge is 0.358 e. The first-order valence-corrected chi connectivity index (χ1v) is 5.86. The fourth-order valence-electron chi connectivity index (χ4n) is 1.21. The van der Waals surface area contributed by atoms with Gasteiger partial charge in [0.1, 0.15) is 5.03 Å². The lowest BCUT2D eigenvalue weighted by Crippen LogP contribution is -2.17. The third-order valence-corrected chi connectivity index (χ3v) is 2.76. The van der Waals surface area contributed by atoms with Gasteiger partial charge in [0.15, 0.2) is 0 Å². The second-order valence-corrected chi connectivity index (χ2v) is 3.96. The molecule has 1 rings (SSSR count). The van der Waals surface area contributed by atoms with Crippen LogP contribution in [0.2, 0.25) is 0 Å². The molecule has 0 aliphatic heterocycles. The van der Waals surface area contributed by atoms with Gasteiger partial charge in [-0.1, -0.05) is 6.07 Å². The van der Waals surface area contributed by atoms with E-state index in [-0.39, 0.29) is 0 Å². The van der Waals surface area contributed by atoms with E-state index in [0.717, 1.165) is 11.9 Å². The molecule has 0 bridgehead atoms. The Bertz CT molecular complexity index is 381. The summed E-state index contributed by atoms with van der Waals surface area (Å²) in [5, 5.41) is 11.0. The van der Waals surface area contributed by atoms with E-state index in [1.807, 2.05) is 24.5 Å². The standard InChI is InChI=1S/C10H13N3O2S/c1-12(10(16-2)8-13(14)15)7-9-5-3-4-6-11-9/h3-6,8H,7H2,1-2H3. The Hall–Kier alpha value is -1.56. The third-order valence-electron chi connectivity index (χ3n) is 1.93. The Morgan fingerprint density at radius 3 is 2.94 bits per heavy atom. The molecule has 5 nitrogen and oxygen atoms in total. The Balaban J connectivity index is 2.70. The van der Waals surface area contributed by atoms with Crippen molar-refractivity contribution in [3.8, 4) is 0 Å². The van der Waals surface area contributed by atoms with Crippen LogP contribution >= 0.6 is 11.8 Å². The van der Waals surface area contributed by atoms with E-state index in [0.29, 0.717) is 11.6 Å². The Morgan fingerprint density at radius 2 is 2.44 bits per heavy atom. The van der Waals surface area contributed by atoms with Crippen LogP contribution in [0.15, 0.2) is 35.6 Å². The number of pyridine rings is 1. The Morgan fingerprint density at radius 1 is 1.69 bits per heavy atom. The first-order valence-electron chi connectivity index (χ1n) is 4.64. The number of nitrogens with zero attached hydrogens (tertiary/aromatic N) is 3. The highest BCUT2D eigenvalue weighted by Crippen LogP contribution is 2.17. The van der Waals surface area contributed by atoms with Gasteiger partial charge in [-0.2, -0.15) is 0 Å². The molecule has 0 aromatic carbocycles. The normalized spacial score (nSPS) is 11.2. The summed E-state index contributed by atoms with van der Waals surface area (Å²) in [5.41, 5.74) is 0.883. The summed E-state index contributed by atoms with van der Waals surface area (Å²) in [6.07, 6.45) is 4.52. The van der Waals surface area contributed by atoms with Gasteiger partial charge in [-0.3, -0.25) is 15.1 Å². The monoisotopic (exact) mass is 239 g/mol. The Kier molecular flexibility index (Phi) is 4.78. The number of hydrogen-bond acceptors (Lipinski definition) is 5. The van der Waals surface area contributed by atoms with Crippen LogP contribution < -0.4 is 0 Å². The van der Waals surface area contributed by atoms with Gasteiger partial charge < -0.3 is 4.90 Å². The molecule has 0 N–H and O–H groups in total. The lowest BCUT2D eigenvalue weighted by Gasteiger charge is -2.18. The van der Waals surface area contributed by atoms with Gasteiger partial charge in [-0.05, 0) is 18.4 Å². The first-order chi connectivity index (χ1) is 7.63. The summed E-state index contributed by atoms with van der Waals surface area (Å²) in [6, 6.07) is 5.62. The smallest absolute Gasteiger partial charge is 0.264 e. The predicted molar refractivity (Wildman–Crippen MR) is 64.3 cm³/mol. The number of aromatic nitrogens is 1. The van der Waals surface area contributed by atoms with E-state index in [1.54, 1.807) is 18.1 Å². The van der Waals surface area contributed by atoms with Crippen LogP contribution in [0.1, 0.15) is 5.69 Å². The number of hydrogen-bond donors (Lipinski definition) is 0. The van der Waals surface area contributed by atoms with Gasteiger partial charge in [0, 0.05) is 13.2 Å². The lowest BCUT2D eigenvalue weighted by molar-refractivity contribution is -0.403. The molecule has 16 heavy (non-hydrogen) atoms. The highest BCUT2D eigenvalue weighted by atomic mass is 32.2. The molecule has 0 fully saturated rings. The molecule has 86 valence electrons. The predicted octanol–water partition coefficient (Wildman–Crippen LogP) is 1.95. The molecule has 1 heterocycles. The van der Waals surface area contributed by atoms with Gasteiger partial charge >= 0.3 is 0 Å². The highest BCUT2D eigenvalue weighted by Gasteiger charge is 2.08. The molecule has 0 aliphatic rings. The molecule has 0 amide bonds. The quantitative estimate of drug-likeness (QED) is 0.580. The van der Waals surface area contributed by atoms with Crippen LogP contribution in [0, 0.1) is 10.1 Å². The molecule has 0 saturated heterocycles. The maximum atomic E-state index is 10.4. The van der Waals surface area contributed by atoms with Gasteiger partial charge in [0.2, 0.25) is 0 Å². The summed E-state index contributed by atoms with van der Waals surface area (Å²) in [4.78, 5) is 15.9. The second-order valence-electron chi connectivity index (χ2n) is 3.13. The molecule has 0 atom stereocenters. The topological polar surface area (TPSA) is 59.3 Å². The van der Waals surface area contributed by atoms with Crippen LogP contribution in [0.25, 0.3) is 0 Å². The van der Waals surface area contributed by atoms with Crippen molar-refractivity contribution in [2.24, 2.45) is 0 Å². The Labute approximate surface area is 98.3 Å². The molecular weight excluding hydrogens is 226 g/mol. The third kappa shape index (κ3) is 3.90. The zero-order valence-electron chi connectivity index (χ0n) is 9.16. The minimum atomic E-state index is -0.444. The average Bonchev–Trinajstić information content (AvgIpc) is 2.26. The van der Waals surface area contributed by atoms with Gasteiger partial charge in [0.25, 0.3) is 6.20 Å². The molecule has 6 heteroatoms. The number of thioether (sulfide) groups is 1. The molecule has 0 aliphatic carbocycles. The van der Waals surface area contributed by atoms with Crippen molar-refractivity contribution < 1.29 is 4.92 Å². The van der Waals surface area contributed by atoms with E-state index in [4.69, 9.17) is 0 Å². The van der Waals surface area contributed by atoms with Crippen LogP contribution in [0.5, 0.6) is 0 Å². The zero-order valence-corrected chi connectivity index (χ0v) is 9.98. The minimum Gasteiger partial charge on any atom is -0.358 e. The molecule has 1 aromatic rings. The van der Waals surface area contributed by atoms with Crippen molar-refractivity contribution in [1.82, 2.24) is 9.88 Å². The minimum absolute atomic E-state index is 0.444.